The van der Waals surface area contributed by atoms with Gasteiger partial charge in [-0.3, -0.25) is 9.36 Å². The van der Waals surface area contributed by atoms with E-state index in [1.165, 1.54) is 6.07 Å². The number of alkyl halides is 2. The van der Waals surface area contributed by atoms with E-state index in [-0.39, 0.29) is 30.4 Å². The minimum atomic E-state index is -2.50. The molecule has 0 radical (unpaired) electrons. The van der Waals surface area contributed by atoms with Gasteiger partial charge in [0.2, 0.25) is 5.92 Å². The van der Waals surface area contributed by atoms with Crippen molar-refractivity contribution in [3.8, 4) is 11.8 Å². The highest BCUT2D eigenvalue weighted by Crippen LogP contribution is 2.41. The molecule has 1 aromatic carbocycles. The summed E-state index contributed by atoms with van der Waals surface area (Å²) >= 11 is 0. The van der Waals surface area contributed by atoms with Crippen LogP contribution in [0.4, 0.5) is 8.78 Å². The maximum absolute atomic E-state index is 13.3. The summed E-state index contributed by atoms with van der Waals surface area (Å²) in [5, 5.41) is 0. The van der Waals surface area contributed by atoms with E-state index in [1.54, 1.807) is 10.8 Å². The van der Waals surface area contributed by atoms with Crippen LogP contribution in [0.2, 0.25) is 0 Å². The van der Waals surface area contributed by atoms with E-state index in [9.17, 15) is 13.6 Å². The smallest absolute Gasteiger partial charge is 0.300 e. The van der Waals surface area contributed by atoms with Gasteiger partial charge in [-0.1, -0.05) is 12.1 Å². The van der Waals surface area contributed by atoms with Gasteiger partial charge in [-0.25, -0.2) is 8.78 Å². The highest BCUT2D eigenvalue weighted by molar-refractivity contribution is 5.30. The number of ether oxygens (including phenoxy) is 2. The van der Waals surface area contributed by atoms with E-state index in [4.69, 9.17) is 9.47 Å². The molecule has 1 aromatic heterocycles. The molecule has 7 heteroatoms. The predicted octanol–water partition coefficient (Wildman–Crippen LogP) is 3.38. The first-order valence-electron chi connectivity index (χ1n) is 8.83. The van der Waals surface area contributed by atoms with Crippen LogP contribution < -0.4 is 15.0 Å². The number of rotatable bonds is 4. The van der Waals surface area contributed by atoms with Gasteiger partial charge in [0.05, 0.1) is 6.54 Å². The van der Waals surface area contributed by atoms with Crippen LogP contribution in [0.5, 0.6) is 11.8 Å². The molecule has 0 saturated heterocycles. The van der Waals surface area contributed by atoms with Crippen LogP contribution in [0.25, 0.3) is 0 Å². The Bertz CT molecular complexity index is 825. The molecular weight excluding hydrogens is 342 g/mol. The maximum Gasteiger partial charge on any atom is 0.300 e. The molecule has 1 atom stereocenters. The van der Waals surface area contributed by atoms with Crippen LogP contribution in [-0.2, 0) is 6.54 Å². The van der Waals surface area contributed by atoms with Crippen LogP contribution >= 0.6 is 0 Å². The van der Waals surface area contributed by atoms with Gasteiger partial charge < -0.3 is 9.47 Å². The molecule has 26 heavy (non-hydrogen) atoms. The molecular formula is C19H20F2N2O3. The summed E-state index contributed by atoms with van der Waals surface area (Å²) in [6, 6.07) is 9.35. The summed E-state index contributed by atoms with van der Waals surface area (Å²) in [5.41, 5.74) is 0.758. The van der Waals surface area contributed by atoms with E-state index in [0.717, 1.165) is 5.56 Å². The molecule has 138 valence electrons. The molecule has 4 rings (SSSR count). The number of hydrogen-bond acceptors (Lipinski definition) is 4. The molecule has 5 nitrogen and oxygen atoms in total. The zero-order valence-electron chi connectivity index (χ0n) is 14.2. The molecule has 2 heterocycles. The Morgan fingerprint density at radius 3 is 2.65 bits per heavy atom. The highest BCUT2D eigenvalue weighted by Gasteiger charge is 2.35. The third-order valence-corrected chi connectivity index (χ3v) is 5.03. The SMILES string of the molecule is O=c1ccn2c(n1)O[C@H](COc1ccc(C3CCC(F)(F)CC3)cc1)C2. The van der Waals surface area contributed by atoms with Crippen molar-refractivity contribution in [1.82, 2.24) is 9.55 Å². The highest BCUT2D eigenvalue weighted by atomic mass is 19.3. The Kier molecular flexibility index (Phi) is 4.38. The van der Waals surface area contributed by atoms with E-state index >= 15 is 0 Å². The Morgan fingerprint density at radius 1 is 1.19 bits per heavy atom. The quantitative estimate of drug-likeness (QED) is 0.837. The van der Waals surface area contributed by atoms with Gasteiger partial charge in [0, 0.05) is 25.1 Å². The fourth-order valence-electron chi connectivity index (χ4n) is 3.54. The monoisotopic (exact) mass is 362 g/mol. The van der Waals surface area contributed by atoms with Crippen molar-refractivity contribution in [2.24, 2.45) is 0 Å². The number of nitrogens with zero attached hydrogens (tertiary/aromatic N) is 2. The van der Waals surface area contributed by atoms with E-state index < -0.39 is 5.92 Å². The largest absolute Gasteiger partial charge is 0.490 e. The van der Waals surface area contributed by atoms with Crippen molar-refractivity contribution >= 4 is 0 Å². The predicted molar refractivity (Wildman–Crippen MR) is 91.0 cm³/mol. The summed E-state index contributed by atoms with van der Waals surface area (Å²) in [6.07, 6.45) is 2.43. The van der Waals surface area contributed by atoms with E-state index in [2.05, 4.69) is 4.98 Å². The fourth-order valence-corrected chi connectivity index (χ4v) is 3.54. The summed E-state index contributed by atoms with van der Waals surface area (Å²) in [4.78, 5) is 15.0. The van der Waals surface area contributed by atoms with Gasteiger partial charge in [0.25, 0.3) is 11.6 Å². The summed E-state index contributed by atoms with van der Waals surface area (Å²) in [6.45, 7) is 0.920. The van der Waals surface area contributed by atoms with Crippen LogP contribution in [0.15, 0.2) is 41.3 Å². The number of fused-ring (bicyclic) bond motifs is 1. The number of benzene rings is 1. The second-order valence-electron chi connectivity index (χ2n) is 6.95. The number of halogens is 2. The van der Waals surface area contributed by atoms with Crippen LogP contribution in [0, 0.1) is 0 Å². The van der Waals surface area contributed by atoms with Crippen molar-refractivity contribution in [3.63, 3.8) is 0 Å². The Hall–Kier alpha value is -2.44. The van der Waals surface area contributed by atoms with Crippen LogP contribution in [0.3, 0.4) is 0 Å². The molecule has 0 amide bonds. The van der Waals surface area contributed by atoms with Crippen molar-refractivity contribution in [3.05, 3.63) is 52.4 Å². The molecule has 0 spiro atoms. The topological polar surface area (TPSA) is 53.4 Å². The molecule has 2 aromatic rings. The zero-order valence-corrected chi connectivity index (χ0v) is 14.2. The van der Waals surface area contributed by atoms with Gasteiger partial charge in [0.15, 0.2) is 6.10 Å². The summed E-state index contributed by atoms with van der Waals surface area (Å²) in [5.74, 6) is -1.60. The number of aromatic nitrogens is 2. The first-order chi connectivity index (χ1) is 12.5. The molecule has 1 fully saturated rings. The average molecular weight is 362 g/mol. The molecule has 0 unspecified atom stereocenters. The van der Waals surface area contributed by atoms with Gasteiger partial charge in [-0.2, -0.15) is 4.98 Å². The van der Waals surface area contributed by atoms with Gasteiger partial charge in [0.1, 0.15) is 12.4 Å². The minimum Gasteiger partial charge on any atom is -0.490 e. The molecule has 0 bridgehead atoms. The summed E-state index contributed by atoms with van der Waals surface area (Å²) in [7, 11) is 0. The van der Waals surface area contributed by atoms with E-state index in [0.29, 0.717) is 37.8 Å². The van der Waals surface area contributed by atoms with Crippen molar-refractivity contribution in [2.45, 2.75) is 50.2 Å². The standard InChI is InChI=1S/C19H20F2N2O3/c20-19(21)8-5-14(6-9-19)13-1-3-15(4-2-13)25-12-16-11-23-10-7-17(24)22-18(23)26-16/h1-4,7,10,14,16H,5-6,8-9,11-12H2/t16-/m0/s1. The van der Waals surface area contributed by atoms with Crippen molar-refractivity contribution < 1.29 is 18.3 Å². The Labute approximate surface area is 149 Å². The maximum atomic E-state index is 13.3. The first-order valence-corrected chi connectivity index (χ1v) is 8.83. The lowest BCUT2D eigenvalue weighted by Gasteiger charge is -2.28. The average Bonchev–Trinajstić information content (AvgIpc) is 3.02. The molecule has 1 aliphatic heterocycles. The molecule has 1 aliphatic carbocycles. The Morgan fingerprint density at radius 2 is 1.92 bits per heavy atom. The van der Waals surface area contributed by atoms with Crippen molar-refractivity contribution in [1.29, 1.82) is 0 Å². The minimum absolute atomic E-state index is 0.0354. The second-order valence-corrected chi connectivity index (χ2v) is 6.95. The van der Waals surface area contributed by atoms with Crippen molar-refractivity contribution in [2.75, 3.05) is 6.61 Å². The summed E-state index contributed by atoms with van der Waals surface area (Å²) < 4.78 is 39.7. The Balaban J connectivity index is 1.31. The van der Waals surface area contributed by atoms with Crippen LogP contribution in [0.1, 0.15) is 37.2 Å². The normalized spacial score (nSPS) is 21.8. The fraction of sp³-hybridized carbons (Fsp3) is 0.474. The lowest BCUT2D eigenvalue weighted by Crippen LogP contribution is -2.24. The number of hydrogen-bond donors (Lipinski definition) is 0. The zero-order chi connectivity index (χ0) is 18.1. The van der Waals surface area contributed by atoms with Gasteiger partial charge in [-0.05, 0) is 36.5 Å². The molecule has 2 aliphatic rings. The third-order valence-electron chi connectivity index (χ3n) is 5.03. The lowest BCUT2D eigenvalue weighted by molar-refractivity contribution is -0.0382. The lowest BCUT2D eigenvalue weighted by atomic mass is 9.82. The van der Waals surface area contributed by atoms with Crippen LogP contribution in [-0.4, -0.2) is 28.2 Å². The molecule has 1 saturated carbocycles. The first kappa shape index (κ1) is 17.0. The molecule has 0 N–H and O–H groups in total. The third kappa shape index (κ3) is 3.71. The van der Waals surface area contributed by atoms with Gasteiger partial charge >= 0.3 is 0 Å². The second kappa shape index (κ2) is 6.70. The van der Waals surface area contributed by atoms with E-state index in [1.807, 2.05) is 24.3 Å². The van der Waals surface area contributed by atoms with Gasteiger partial charge in [-0.15, -0.1) is 0 Å².